The number of benzene rings is 2. The molecule has 1 heterocycles. The number of anilines is 1. The summed E-state index contributed by atoms with van der Waals surface area (Å²) in [6.07, 6.45) is 0. The van der Waals surface area contributed by atoms with Gasteiger partial charge in [0.15, 0.2) is 0 Å². The minimum Gasteiger partial charge on any atom is -0.369 e. The Labute approximate surface area is 156 Å². The molecule has 0 aromatic heterocycles. The second kappa shape index (κ2) is 8.86. The zero-order valence-corrected chi connectivity index (χ0v) is 15.8. The standard InChI is InChI=1S/C22H29N3O/c1-18(2)19-8-10-20(11-9-19)22(26)23-12-13-24-14-16-25(17-15-24)21-6-4-3-5-7-21/h3-11,18H,12-17H2,1-2H3,(H,23,26). The molecule has 0 atom stereocenters. The van der Waals surface area contributed by atoms with Crippen molar-refractivity contribution in [2.24, 2.45) is 0 Å². The highest BCUT2D eigenvalue weighted by atomic mass is 16.1. The number of carbonyl (C=O) groups excluding carboxylic acids is 1. The second-order valence-corrected chi connectivity index (χ2v) is 7.20. The van der Waals surface area contributed by atoms with Crippen LogP contribution in [0.4, 0.5) is 5.69 Å². The lowest BCUT2D eigenvalue weighted by Crippen LogP contribution is -2.48. The number of nitrogens with one attached hydrogen (secondary N) is 1. The maximum Gasteiger partial charge on any atom is 0.251 e. The van der Waals surface area contributed by atoms with Crippen molar-refractivity contribution in [3.8, 4) is 0 Å². The fourth-order valence-corrected chi connectivity index (χ4v) is 3.32. The Kier molecular flexibility index (Phi) is 6.29. The van der Waals surface area contributed by atoms with E-state index in [0.717, 1.165) is 38.3 Å². The van der Waals surface area contributed by atoms with Crippen LogP contribution in [-0.4, -0.2) is 50.1 Å². The van der Waals surface area contributed by atoms with Crippen molar-refractivity contribution in [2.45, 2.75) is 19.8 Å². The van der Waals surface area contributed by atoms with Crippen molar-refractivity contribution < 1.29 is 4.79 Å². The third kappa shape index (κ3) is 4.85. The highest BCUT2D eigenvalue weighted by Gasteiger charge is 2.17. The lowest BCUT2D eigenvalue weighted by atomic mass is 10.0. The van der Waals surface area contributed by atoms with Crippen LogP contribution in [0.15, 0.2) is 54.6 Å². The number of hydrogen-bond acceptors (Lipinski definition) is 3. The number of rotatable bonds is 6. The van der Waals surface area contributed by atoms with Gasteiger partial charge >= 0.3 is 0 Å². The summed E-state index contributed by atoms with van der Waals surface area (Å²) in [6.45, 7) is 10.1. The minimum absolute atomic E-state index is 0.0169. The van der Waals surface area contributed by atoms with Crippen LogP contribution >= 0.6 is 0 Å². The SMILES string of the molecule is CC(C)c1ccc(C(=O)NCCN2CCN(c3ccccc3)CC2)cc1. The van der Waals surface area contributed by atoms with E-state index in [-0.39, 0.29) is 5.91 Å². The van der Waals surface area contributed by atoms with Crippen molar-refractivity contribution in [3.05, 3.63) is 65.7 Å². The molecule has 1 amide bonds. The largest absolute Gasteiger partial charge is 0.369 e. The molecule has 0 aliphatic carbocycles. The van der Waals surface area contributed by atoms with Gasteiger partial charge in [0.05, 0.1) is 0 Å². The van der Waals surface area contributed by atoms with E-state index in [4.69, 9.17) is 0 Å². The lowest BCUT2D eigenvalue weighted by molar-refractivity contribution is 0.0947. The van der Waals surface area contributed by atoms with Crippen LogP contribution in [0.25, 0.3) is 0 Å². The molecule has 0 bridgehead atoms. The first-order chi connectivity index (χ1) is 12.6. The molecule has 1 fully saturated rings. The molecule has 2 aromatic carbocycles. The number of nitrogens with zero attached hydrogens (tertiary/aromatic N) is 2. The Morgan fingerprint density at radius 1 is 0.962 bits per heavy atom. The number of para-hydroxylation sites is 1. The molecule has 0 spiro atoms. The average Bonchev–Trinajstić information content (AvgIpc) is 2.69. The van der Waals surface area contributed by atoms with E-state index in [1.54, 1.807) is 0 Å². The molecule has 0 radical (unpaired) electrons. The van der Waals surface area contributed by atoms with Gasteiger partial charge in [0, 0.05) is 50.5 Å². The van der Waals surface area contributed by atoms with Crippen LogP contribution < -0.4 is 10.2 Å². The Balaban J connectivity index is 1.39. The number of piperazine rings is 1. The molecular formula is C22H29N3O. The van der Waals surface area contributed by atoms with Gasteiger partial charge in [0.1, 0.15) is 0 Å². The van der Waals surface area contributed by atoms with Crippen molar-refractivity contribution in [2.75, 3.05) is 44.2 Å². The first kappa shape index (κ1) is 18.5. The number of carbonyl (C=O) groups is 1. The van der Waals surface area contributed by atoms with Gasteiger partial charge in [-0.1, -0.05) is 44.2 Å². The Morgan fingerprint density at radius 3 is 2.23 bits per heavy atom. The molecule has 26 heavy (non-hydrogen) atoms. The molecule has 138 valence electrons. The van der Waals surface area contributed by atoms with Crippen molar-refractivity contribution in [1.82, 2.24) is 10.2 Å². The van der Waals surface area contributed by atoms with Crippen LogP contribution in [0.2, 0.25) is 0 Å². The maximum atomic E-state index is 12.3. The monoisotopic (exact) mass is 351 g/mol. The zero-order valence-electron chi connectivity index (χ0n) is 15.8. The van der Waals surface area contributed by atoms with Crippen LogP contribution in [0.3, 0.4) is 0 Å². The van der Waals surface area contributed by atoms with Crippen LogP contribution in [0.1, 0.15) is 35.7 Å². The van der Waals surface area contributed by atoms with E-state index < -0.39 is 0 Å². The molecule has 0 saturated carbocycles. The summed E-state index contributed by atoms with van der Waals surface area (Å²) in [5.74, 6) is 0.505. The first-order valence-electron chi connectivity index (χ1n) is 9.54. The fourth-order valence-electron chi connectivity index (χ4n) is 3.32. The highest BCUT2D eigenvalue weighted by molar-refractivity contribution is 5.94. The van der Waals surface area contributed by atoms with Gasteiger partial charge in [0.2, 0.25) is 0 Å². The Hall–Kier alpha value is -2.33. The maximum absolute atomic E-state index is 12.3. The summed E-state index contributed by atoms with van der Waals surface area (Å²) in [6, 6.07) is 18.5. The summed E-state index contributed by atoms with van der Waals surface area (Å²) in [4.78, 5) is 17.1. The predicted octanol–water partition coefficient (Wildman–Crippen LogP) is 3.36. The van der Waals surface area contributed by atoms with Crippen molar-refractivity contribution in [1.29, 1.82) is 0 Å². The number of amides is 1. The number of hydrogen-bond donors (Lipinski definition) is 1. The van der Waals surface area contributed by atoms with E-state index >= 15 is 0 Å². The smallest absolute Gasteiger partial charge is 0.251 e. The highest BCUT2D eigenvalue weighted by Crippen LogP contribution is 2.16. The molecule has 1 aliphatic heterocycles. The van der Waals surface area contributed by atoms with Gasteiger partial charge in [-0.05, 0) is 35.7 Å². The van der Waals surface area contributed by atoms with Crippen LogP contribution in [0.5, 0.6) is 0 Å². The average molecular weight is 351 g/mol. The van der Waals surface area contributed by atoms with Crippen LogP contribution in [-0.2, 0) is 0 Å². The topological polar surface area (TPSA) is 35.6 Å². The Bertz CT molecular complexity index is 689. The van der Waals surface area contributed by atoms with Crippen LogP contribution in [0, 0.1) is 0 Å². The third-order valence-corrected chi connectivity index (χ3v) is 5.05. The van der Waals surface area contributed by atoms with Gasteiger partial charge in [0.25, 0.3) is 5.91 Å². The summed E-state index contributed by atoms with van der Waals surface area (Å²) < 4.78 is 0. The molecular weight excluding hydrogens is 322 g/mol. The van der Waals surface area contributed by atoms with Crippen molar-refractivity contribution in [3.63, 3.8) is 0 Å². The van der Waals surface area contributed by atoms with Crippen molar-refractivity contribution >= 4 is 11.6 Å². The van der Waals surface area contributed by atoms with E-state index in [9.17, 15) is 4.79 Å². The van der Waals surface area contributed by atoms with Gasteiger partial charge in [-0.3, -0.25) is 9.69 Å². The molecule has 1 saturated heterocycles. The third-order valence-electron chi connectivity index (χ3n) is 5.05. The molecule has 1 N–H and O–H groups in total. The minimum atomic E-state index is 0.0169. The van der Waals surface area contributed by atoms with E-state index in [1.807, 2.05) is 24.3 Å². The first-order valence-corrected chi connectivity index (χ1v) is 9.54. The van der Waals surface area contributed by atoms with E-state index in [0.29, 0.717) is 12.5 Å². The molecule has 4 nitrogen and oxygen atoms in total. The summed E-state index contributed by atoms with van der Waals surface area (Å²) >= 11 is 0. The molecule has 0 unspecified atom stereocenters. The quantitative estimate of drug-likeness (QED) is 0.867. The van der Waals surface area contributed by atoms with Gasteiger partial charge in [-0.2, -0.15) is 0 Å². The molecule has 3 rings (SSSR count). The van der Waals surface area contributed by atoms with E-state index in [1.165, 1.54) is 11.3 Å². The van der Waals surface area contributed by atoms with E-state index in [2.05, 4.69) is 59.3 Å². The summed E-state index contributed by atoms with van der Waals surface area (Å²) in [5, 5.41) is 3.04. The molecule has 2 aromatic rings. The fraction of sp³-hybridized carbons (Fsp3) is 0.409. The summed E-state index contributed by atoms with van der Waals surface area (Å²) in [5.41, 5.74) is 3.30. The van der Waals surface area contributed by atoms with Gasteiger partial charge in [-0.15, -0.1) is 0 Å². The van der Waals surface area contributed by atoms with Gasteiger partial charge in [-0.25, -0.2) is 0 Å². The second-order valence-electron chi connectivity index (χ2n) is 7.20. The molecule has 4 heteroatoms. The summed E-state index contributed by atoms with van der Waals surface area (Å²) in [7, 11) is 0. The molecule has 1 aliphatic rings. The lowest BCUT2D eigenvalue weighted by Gasteiger charge is -2.36. The predicted molar refractivity (Wildman–Crippen MR) is 108 cm³/mol. The zero-order chi connectivity index (χ0) is 18.4. The normalized spacial score (nSPS) is 15.3. The Morgan fingerprint density at radius 2 is 1.62 bits per heavy atom. The van der Waals surface area contributed by atoms with Gasteiger partial charge < -0.3 is 10.2 Å².